The topological polar surface area (TPSA) is 68.2 Å². The van der Waals surface area contributed by atoms with Crippen molar-refractivity contribution < 1.29 is 23.8 Å². The molecule has 0 radical (unpaired) electrons. The zero-order valence-corrected chi connectivity index (χ0v) is 32.4. The fourth-order valence-corrected chi connectivity index (χ4v) is 10.3. The normalized spacial score (nSPS) is 13.4. The molecule has 252 valence electrons. The Balaban J connectivity index is 1.45. The molecule has 2 N–H and O–H groups in total. The Morgan fingerprint density at radius 1 is 0.426 bits per heavy atom. The largest absolute Gasteiger partial charge is 0.541 e. The van der Waals surface area contributed by atoms with E-state index in [-0.39, 0.29) is 22.3 Å². The van der Waals surface area contributed by atoms with Crippen LogP contribution in [0.1, 0.15) is 77.6 Å². The molecule has 0 atom stereocenters. The van der Waals surface area contributed by atoms with Crippen LogP contribution in [-0.4, -0.2) is 37.3 Å². The molecule has 0 fully saturated rings. The van der Waals surface area contributed by atoms with Crippen molar-refractivity contribution in [1.29, 1.82) is 0 Å². The summed E-state index contributed by atoms with van der Waals surface area (Å²) in [5, 5.41) is 18.4. The summed E-state index contributed by atoms with van der Waals surface area (Å²) in [7, 11) is -4.91. The molecule has 4 aromatic rings. The lowest BCUT2D eigenvalue weighted by Crippen LogP contribution is -2.66. The molecule has 0 aliphatic heterocycles. The van der Waals surface area contributed by atoms with E-state index in [9.17, 15) is 10.2 Å². The van der Waals surface area contributed by atoms with E-state index in [1.165, 1.54) is 11.1 Å². The van der Waals surface area contributed by atoms with Gasteiger partial charge in [0.15, 0.2) is 0 Å². The van der Waals surface area contributed by atoms with Gasteiger partial charge in [0, 0.05) is 10.8 Å². The van der Waals surface area contributed by atoms with E-state index < -0.39 is 27.1 Å². The summed E-state index contributed by atoms with van der Waals surface area (Å²) < 4.78 is 20.6. The Labute approximate surface area is 284 Å². The fraction of sp³-hybridized carbons (Fsp3) is 0.400. The Kier molecular flexibility index (Phi) is 9.91. The first-order chi connectivity index (χ1) is 21.6. The smallest absolute Gasteiger partial charge is 0.274 e. The minimum absolute atomic E-state index is 0.216. The lowest BCUT2D eigenvalue weighted by atomic mass is 9.78. The molecule has 0 aromatic heterocycles. The monoisotopic (exact) mass is 670 g/mol. The van der Waals surface area contributed by atoms with Gasteiger partial charge in [0.1, 0.15) is 28.2 Å². The Morgan fingerprint density at radius 2 is 0.745 bits per heavy atom. The molecular formula is C40H54O5Si2. The van der Waals surface area contributed by atoms with Crippen molar-refractivity contribution in [3.8, 4) is 23.0 Å². The third-order valence-corrected chi connectivity index (χ3v) is 18.5. The second-order valence-electron chi connectivity index (χ2n) is 15.7. The van der Waals surface area contributed by atoms with Gasteiger partial charge in [-0.05, 0) is 125 Å². The molecule has 0 saturated carbocycles. The zero-order valence-electron chi connectivity index (χ0n) is 30.4. The first kappa shape index (κ1) is 36.3. The quantitative estimate of drug-likeness (QED) is 0.147. The molecule has 0 aliphatic rings. The molecule has 4 aromatic carbocycles. The second-order valence-corrected chi connectivity index (χ2v) is 24.6. The molecule has 0 amide bonds. The van der Waals surface area contributed by atoms with Gasteiger partial charge in [0.2, 0.25) is 8.32 Å². The average Bonchev–Trinajstić information content (AvgIpc) is 2.97. The van der Waals surface area contributed by atoms with Gasteiger partial charge in [0.05, 0.1) is 5.22 Å². The number of rotatable bonds is 12. The zero-order chi connectivity index (χ0) is 35.1. The highest BCUT2D eigenvalue weighted by molar-refractivity contribution is 6.78. The van der Waals surface area contributed by atoms with Gasteiger partial charge in [-0.15, -0.1) is 0 Å². The number of benzene rings is 4. The van der Waals surface area contributed by atoms with E-state index in [2.05, 4.69) is 118 Å². The Hall–Kier alpha value is -3.53. The van der Waals surface area contributed by atoms with Crippen molar-refractivity contribution in [3.05, 3.63) is 119 Å². The minimum Gasteiger partial charge on any atom is -0.541 e. The van der Waals surface area contributed by atoms with E-state index >= 15 is 0 Å². The highest BCUT2D eigenvalue weighted by Gasteiger charge is 2.53. The average molecular weight is 671 g/mol. The van der Waals surface area contributed by atoms with E-state index in [0.29, 0.717) is 0 Å². The van der Waals surface area contributed by atoms with Gasteiger partial charge in [-0.25, -0.2) is 0 Å². The van der Waals surface area contributed by atoms with Gasteiger partial charge < -0.3 is 23.8 Å². The standard InChI is InChI=1S/C40H54O5Si2/c1-37(2,29-13-21-33(41)22-14-29)31-17-25-35(26-18-31)43-39(5,6)47(11,12)45-40(7,8)46(9,10)44-36-27-19-32(20-28-36)38(3,4)30-15-23-34(42)24-16-30/h13-28,41-42H,1-12H3. The highest BCUT2D eigenvalue weighted by atomic mass is 28.4. The first-order valence-corrected chi connectivity index (χ1v) is 22.3. The summed E-state index contributed by atoms with van der Waals surface area (Å²) in [6.45, 7) is 26.2. The minimum atomic E-state index is -2.47. The van der Waals surface area contributed by atoms with Crippen molar-refractivity contribution in [2.24, 2.45) is 0 Å². The second kappa shape index (κ2) is 12.8. The van der Waals surface area contributed by atoms with Crippen molar-refractivity contribution in [1.82, 2.24) is 0 Å². The number of hydrogen-bond acceptors (Lipinski definition) is 5. The van der Waals surface area contributed by atoms with Crippen LogP contribution in [0.5, 0.6) is 23.0 Å². The maximum absolute atomic E-state index is 9.72. The molecular weight excluding hydrogens is 617 g/mol. The molecule has 0 spiro atoms. The summed E-state index contributed by atoms with van der Waals surface area (Å²) in [5.41, 5.74) is 4.18. The Bertz CT molecular complexity index is 1510. The van der Waals surface area contributed by atoms with E-state index in [1.54, 1.807) is 24.3 Å². The van der Waals surface area contributed by atoms with Gasteiger partial charge in [-0.3, -0.25) is 0 Å². The molecule has 7 heteroatoms. The molecule has 0 unspecified atom stereocenters. The molecule has 0 bridgehead atoms. The van der Waals surface area contributed by atoms with Gasteiger partial charge in [-0.2, -0.15) is 0 Å². The lowest BCUT2D eigenvalue weighted by molar-refractivity contribution is 0.0971. The summed E-state index contributed by atoms with van der Waals surface area (Å²) in [5.74, 6) is 2.19. The van der Waals surface area contributed by atoms with Crippen molar-refractivity contribution in [2.45, 2.75) is 103 Å². The van der Waals surface area contributed by atoms with Crippen LogP contribution in [-0.2, 0) is 15.3 Å². The van der Waals surface area contributed by atoms with Crippen LogP contribution in [0.4, 0.5) is 0 Å². The number of aromatic hydroxyl groups is 2. The fourth-order valence-electron chi connectivity index (χ4n) is 5.69. The van der Waals surface area contributed by atoms with E-state index in [1.807, 2.05) is 36.4 Å². The number of phenolic OH excluding ortho intramolecular Hbond substituents is 2. The van der Waals surface area contributed by atoms with Crippen LogP contribution >= 0.6 is 0 Å². The van der Waals surface area contributed by atoms with Crippen LogP contribution in [0.15, 0.2) is 97.1 Å². The summed E-state index contributed by atoms with van der Waals surface area (Å²) in [6.07, 6.45) is 0. The van der Waals surface area contributed by atoms with Gasteiger partial charge >= 0.3 is 0 Å². The molecule has 47 heavy (non-hydrogen) atoms. The third kappa shape index (κ3) is 7.80. The lowest BCUT2D eigenvalue weighted by Gasteiger charge is -2.48. The summed E-state index contributed by atoms with van der Waals surface area (Å²) in [4.78, 5) is 0. The van der Waals surface area contributed by atoms with Crippen molar-refractivity contribution in [2.75, 3.05) is 0 Å². The predicted molar refractivity (Wildman–Crippen MR) is 199 cm³/mol. The van der Waals surface area contributed by atoms with Gasteiger partial charge in [-0.1, -0.05) is 76.2 Å². The highest BCUT2D eigenvalue weighted by Crippen LogP contribution is 2.39. The first-order valence-electron chi connectivity index (χ1n) is 16.5. The molecule has 0 aliphatic carbocycles. The van der Waals surface area contributed by atoms with E-state index in [4.69, 9.17) is 13.6 Å². The van der Waals surface area contributed by atoms with Crippen LogP contribution < -0.4 is 9.16 Å². The maximum atomic E-state index is 9.72. The molecule has 0 heterocycles. The van der Waals surface area contributed by atoms with E-state index in [0.717, 1.165) is 22.6 Å². The SMILES string of the molecule is CC(C)(c1ccc(O)cc1)c1ccc(OC(C)(C)[Si](C)(C)OC(C)(C)[Si](C)(C)Oc2ccc(C(C)(C)c3ccc(O)cc3)cc2)cc1. The number of ether oxygens (including phenoxy) is 1. The Morgan fingerprint density at radius 3 is 1.11 bits per heavy atom. The van der Waals surface area contributed by atoms with Crippen LogP contribution in [0, 0.1) is 0 Å². The van der Waals surface area contributed by atoms with Crippen molar-refractivity contribution >= 4 is 16.6 Å². The number of phenols is 2. The van der Waals surface area contributed by atoms with Crippen LogP contribution in [0.25, 0.3) is 0 Å². The van der Waals surface area contributed by atoms with Crippen LogP contribution in [0.2, 0.25) is 26.2 Å². The van der Waals surface area contributed by atoms with Crippen molar-refractivity contribution in [3.63, 3.8) is 0 Å². The maximum Gasteiger partial charge on any atom is 0.274 e. The molecule has 4 rings (SSSR count). The predicted octanol–water partition coefficient (Wildman–Crippen LogP) is 10.3. The van der Waals surface area contributed by atoms with Gasteiger partial charge in [0.25, 0.3) is 8.32 Å². The summed E-state index contributed by atoms with van der Waals surface area (Å²) >= 11 is 0. The van der Waals surface area contributed by atoms with Crippen LogP contribution in [0.3, 0.4) is 0 Å². The third-order valence-electron chi connectivity index (χ3n) is 10.5. The summed E-state index contributed by atoms with van der Waals surface area (Å²) in [6, 6.07) is 31.6. The molecule has 0 saturated heterocycles. The molecule has 5 nitrogen and oxygen atoms in total. The number of hydrogen-bond donors (Lipinski definition) is 2.